The largest absolute Gasteiger partial charge is 0.375 e. The molecule has 1 heterocycles. The van der Waals surface area contributed by atoms with E-state index < -0.39 is 0 Å². The van der Waals surface area contributed by atoms with Crippen LogP contribution < -0.4 is 10.6 Å². The van der Waals surface area contributed by atoms with Gasteiger partial charge in [-0.1, -0.05) is 23.7 Å². The molecular formula is C14H17ClN4O. The van der Waals surface area contributed by atoms with Gasteiger partial charge in [-0.15, -0.1) is 0 Å². The molecule has 1 aromatic heterocycles. The highest BCUT2D eigenvalue weighted by Crippen LogP contribution is 2.20. The summed E-state index contributed by atoms with van der Waals surface area (Å²) in [6.07, 6.45) is 3.50. The van der Waals surface area contributed by atoms with Crippen LogP contribution in [0.3, 0.4) is 0 Å². The van der Waals surface area contributed by atoms with Gasteiger partial charge in [0.05, 0.1) is 23.6 Å². The van der Waals surface area contributed by atoms with Crippen molar-refractivity contribution in [2.24, 2.45) is 0 Å². The number of halogens is 1. The number of carbonyl (C=O) groups is 1. The van der Waals surface area contributed by atoms with Crippen LogP contribution in [0.4, 0.5) is 11.5 Å². The maximum Gasteiger partial charge on any atom is 0.244 e. The van der Waals surface area contributed by atoms with E-state index in [2.05, 4.69) is 15.6 Å². The summed E-state index contributed by atoms with van der Waals surface area (Å²) in [5.74, 6) is 0.378. The number of rotatable bonds is 5. The second-order valence-electron chi connectivity index (χ2n) is 4.68. The van der Waals surface area contributed by atoms with E-state index in [0.717, 1.165) is 5.69 Å². The van der Waals surface area contributed by atoms with Crippen LogP contribution >= 0.6 is 11.6 Å². The zero-order valence-corrected chi connectivity index (χ0v) is 12.2. The fourth-order valence-corrected chi connectivity index (χ4v) is 1.85. The zero-order valence-electron chi connectivity index (χ0n) is 11.4. The van der Waals surface area contributed by atoms with E-state index in [9.17, 15) is 4.79 Å². The minimum atomic E-state index is -0.168. The number of amides is 1. The Hall–Kier alpha value is -2.01. The molecule has 20 heavy (non-hydrogen) atoms. The molecular weight excluding hydrogens is 276 g/mol. The van der Waals surface area contributed by atoms with Crippen molar-refractivity contribution in [3.05, 3.63) is 41.8 Å². The number of nitrogens with zero attached hydrogens (tertiary/aromatic N) is 2. The van der Waals surface area contributed by atoms with Crippen LogP contribution in [0, 0.1) is 0 Å². The Morgan fingerprint density at radius 3 is 2.80 bits per heavy atom. The SMILES string of the molecule is CC(C)n1cnc(NC(=O)CNc2ccccc2Cl)c1. The minimum absolute atomic E-state index is 0.137. The highest BCUT2D eigenvalue weighted by Gasteiger charge is 2.07. The Morgan fingerprint density at radius 1 is 1.40 bits per heavy atom. The van der Waals surface area contributed by atoms with Crippen LogP contribution in [-0.4, -0.2) is 22.0 Å². The first kappa shape index (κ1) is 14.4. The standard InChI is InChI=1S/C14H17ClN4O/c1-10(2)19-8-13(17-9-19)18-14(20)7-16-12-6-4-3-5-11(12)15/h3-6,8-10,16H,7H2,1-2H3,(H,18,20). The molecule has 0 fully saturated rings. The van der Waals surface area contributed by atoms with E-state index in [1.54, 1.807) is 18.6 Å². The number of nitrogens with one attached hydrogen (secondary N) is 2. The molecule has 1 amide bonds. The van der Waals surface area contributed by atoms with E-state index in [-0.39, 0.29) is 12.5 Å². The van der Waals surface area contributed by atoms with Crippen LogP contribution in [0.25, 0.3) is 0 Å². The van der Waals surface area contributed by atoms with Crippen molar-refractivity contribution in [2.75, 3.05) is 17.2 Å². The summed E-state index contributed by atoms with van der Waals surface area (Å²) in [6.45, 7) is 4.23. The predicted octanol–water partition coefficient (Wildman–Crippen LogP) is 3.17. The molecule has 0 spiro atoms. The third kappa shape index (κ3) is 3.74. The molecule has 0 unspecified atom stereocenters. The highest BCUT2D eigenvalue weighted by molar-refractivity contribution is 6.33. The van der Waals surface area contributed by atoms with Crippen molar-refractivity contribution in [3.63, 3.8) is 0 Å². The zero-order chi connectivity index (χ0) is 14.5. The topological polar surface area (TPSA) is 59.0 Å². The van der Waals surface area contributed by atoms with Crippen LogP contribution in [0.15, 0.2) is 36.8 Å². The Labute approximate surface area is 123 Å². The summed E-state index contributed by atoms with van der Waals surface area (Å²) in [5.41, 5.74) is 0.733. The van der Waals surface area contributed by atoms with Crippen LogP contribution in [0.1, 0.15) is 19.9 Å². The summed E-state index contributed by atoms with van der Waals surface area (Å²) >= 11 is 6.00. The molecule has 2 rings (SSSR count). The van der Waals surface area contributed by atoms with Gasteiger partial charge in [0.25, 0.3) is 0 Å². The molecule has 0 bridgehead atoms. The third-order valence-corrected chi connectivity index (χ3v) is 3.11. The molecule has 0 saturated heterocycles. The van der Waals surface area contributed by atoms with E-state index in [0.29, 0.717) is 16.9 Å². The Morgan fingerprint density at radius 2 is 2.15 bits per heavy atom. The lowest BCUT2D eigenvalue weighted by atomic mass is 10.3. The lowest BCUT2D eigenvalue weighted by Crippen LogP contribution is -2.22. The van der Waals surface area contributed by atoms with Crippen molar-refractivity contribution >= 4 is 29.0 Å². The average molecular weight is 293 g/mol. The molecule has 0 aliphatic carbocycles. The van der Waals surface area contributed by atoms with Gasteiger partial charge >= 0.3 is 0 Å². The van der Waals surface area contributed by atoms with E-state index in [1.165, 1.54) is 0 Å². The van der Waals surface area contributed by atoms with E-state index in [1.807, 2.05) is 36.6 Å². The minimum Gasteiger partial charge on any atom is -0.375 e. The molecule has 0 aliphatic rings. The summed E-state index contributed by atoms with van der Waals surface area (Å²) in [7, 11) is 0. The lowest BCUT2D eigenvalue weighted by molar-refractivity contribution is -0.114. The van der Waals surface area contributed by atoms with Crippen LogP contribution in [0.2, 0.25) is 5.02 Å². The van der Waals surface area contributed by atoms with Gasteiger partial charge < -0.3 is 15.2 Å². The molecule has 6 heteroatoms. The number of benzene rings is 1. The third-order valence-electron chi connectivity index (χ3n) is 2.78. The summed E-state index contributed by atoms with van der Waals surface area (Å²) in [4.78, 5) is 15.9. The number of carbonyl (C=O) groups excluding carboxylic acids is 1. The second kappa shape index (κ2) is 6.43. The van der Waals surface area contributed by atoms with Gasteiger partial charge in [-0.2, -0.15) is 0 Å². The monoisotopic (exact) mass is 292 g/mol. The summed E-state index contributed by atoms with van der Waals surface area (Å²) in [6, 6.07) is 7.60. The van der Waals surface area contributed by atoms with Crippen molar-refractivity contribution in [1.29, 1.82) is 0 Å². The Bertz CT molecular complexity index is 594. The second-order valence-corrected chi connectivity index (χ2v) is 5.09. The van der Waals surface area contributed by atoms with Gasteiger partial charge in [0.1, 0.15) is 0 Å². The number of anilines is 2. The number of imidazole rings is 1. The first-order valence-corrected chi connectivity index (χ1v) is 6.76. The smallest absolute Gasteiger partial charge is 0.244 e. The number of para-hydroxylation sites is 1. The van der Waals surface area contributed by atoms with Crippen molar-refractivity contribution in [1.82, 2.24) is 9.55 Å². The van der Waals surface area contributed by atoms with Gasteiger partial charge in [0.15, 0.2) is 5.82 Å². The molecule has 0 radical (unpaired) electrons. The summed E-state index contributed by atoms with van der Waals surface area (Å²) < 4.78 is 1.93. The van der Waals surface area contributed by atoms with Crippen LogP contribution in [-0.2, 0) is 4.79 Å². The van der Waals surface area contributed by atoms with Gasteiger partial charge in [-0.05, 0) is 26.0 Å². The van der Waals surface area contributed by atoms with Gasteiger partial charge in [-0.25, -0.2) is 4.98 Å². The molecule has 2 N–H and O–H groups in total. The highest BCUT2D eigenvalue weighted by atomic mass is 35.5. The van der Waals surface area contributed by atoms with Crippen molar-refractivity contribution in [2.45, 2.75) is 19.9 Å². The number of hydrogen-bond donors (Lipinski definition) is 2. The first-order chi connectivity index (χ1) is 9.56. The Balaban J connectivity index is 1.88. The molecule has 106 valence electrons. The maximum absolute atomic E-state index is 11.8. The normalized spacial score (nSPS) is 10.6. The van der Waals surface area contributed by atoms with E-state index >= 15 is 0 Å². The first-order valence-electron chi connectivity index (χ1n) is 6.38. The van der Waals surface area contributed by atoms with E-state index in [4.69, 9.17) is 11.6 Å². The molecule has 0 atom stereocenters. The summed E-state index contributed by atoms with van der Waals surface area (Å²) in [5, 5.41) is 6.30. The number of aromatic nitrogens is 2. The Kier molecular flexibility index (Phi) is 4.63. The molecule has 1 aromatic carbocycles. The quantitative estimate of drug-likeness (QED) is 0.890. The number of hydrogen-bond acceptors (Lipinski definition) is 3. The van der Waals surface area contributed by atoms with Crippen LogP contribution in [0.5, 0.6) is 0 Å². The van der Waals surface area contributed by atoms with Gasteiger partial charge in [0, 0.05) is 12.2 Å². The average Bonchev–Trinajstić information content (AvgIpc) is 2.86. The maximum atomic E-state index is 11.8. The predicted molar refractivity (Wildman–Crippen MR) is 81.2 cm³/mol. The molecule has 0 saturated carbocycles. The van der Waals surface area contributed by atoms with Gasteiger partial charge in [-0.3, -0.25) is 4.79 Å². The molecule has 2 aromatic rings. The van der Waals surface area contributed by atoms with Crippen molar-refractivity contribution < 1.29 is 4.79 Å². The molecule has 0 aliphatic heterocycles. The lowest BCUT2D eigenvalue weighted by Gasteiger charge is -2.07. The molecule has 5 nitrogen and oxygen atoms in total. The van der Waals surface area contributed by atoms with Gasteiger partial charge in [0.2, 0.25) is 5.91 Å². The fraction of sp³-hybridized carbons (Fsp3) is 0.286. The fourth-order valence-electron chi connectivity index (χ4n) is 1.65. The van der Waals surface area contributed by atoms with Crippen molar-refractivity contribution in [3.8, 4) is 0 Å².